The SMILES string of the molecule is Cc1cc(C(=O)C(N)CC(=O)O)ccc1Cl. The highest BCUT2D eigenvalue weighted by atomic mass is 35.5. The summed E-state index contributed by atoms with van der Waals surface area (Å²) in [5.74, 6) is -1.48. The van der Waals surface area contributed by atoms with E-state index in [9.17, 15) is 9.59 Å². The minimum Gasteiger partial charge on any atom is -0.481 e. The maximum Gasteiger partial charge on any atom is 0.305 e. The highest BCUT2D eigenvalue weighted by Crippen LogP contribution is 2.17. The molecule has 16 heavy (non-hydrogen) atoms. The van der Waals surface area contributed by atoms with E-state index in [1.54, 1.807) is 25.1 Å². The van der Waals surface area contributed by atoms with Gasteiger partial charge in [0.2, 0.25) is 0 Å². The van der Waals surface area contributed by atoms with Gasteiger partial charge in [-0.2, -0.15) is 0 Å². The van der Waals surface area contributed by atoms with Crippen LogP contribution in [0.1, 0.15) is 22.3 Å². The van der Waals surface area contributed by atoms with Gasteiger partial charge in [-0.15, -0.1) is 0 Å². The summed E-state index contributed by atoms with van der Waals surface area (Å²) in [5.41, 5.74) is 6.62. The molecule has 0 heterocycles. The minimum atomic E-state index is -1.09. The van der Waals surface area contributed by atoms with E-state index in [2.05, 4.69) is 0 Å². The summed E-state index contributed by atoms with van der Waals surface area (Å²) in [7, 11) is 0. The standard InChI is InChI=1S/C11H12ClNO3/c1-6-4-7(2-3-8(6)12)11(16)9(13)5-10(14)15/h2-4,9H,5,13H2,1H3,(H,14,15). The molecule has 0 saturated heterocycles. The number of carboxylic acids is 1. The van der Waals surface area contributed by atoms with Crippen LogP contribution in [-0.4, -0.2) is 22.9 Å². The molecular formula is C11H12ClNO3. The fraction of sp³-hybridized carbons (Fsp3) is 0.273. The lowest BCUT2D eigenvalue weighted by molar-refractivity contribution is -0.137. The lowest BCUT2D eigenvalue weighted by atomic mass is 10.0. The lowest BCUT2D eigenvalue weighted by Gasteiger charge is -2.08. The van der Waals surface area contributed by atoms with Crippen molar-refractivity contribution in [1.29, 1.82) is 0 Å². The Morgan fingerprint density at radius 3 is 2.62 bits per heavy atom. The van der Waals surface area contributed by atoms with Crippen molar-refractivity contribution in [2.75, 3.05) is 0 Å². The Kier molecular flexibility index (Phi) is 4.04. The molecule has 0 aromatic heterocycles. The molecule has 0 spiro atoms. The number of carboxylic acid groups (broad SMARTS) is 1. The Labute approximate surface area is 98.0 Å². The molecule has 0 bridgehead atoms. The first kappa shape index (κ1) is 12.7. The Hall–Kier alpha value is -1.39. The van der Waals surface area contributed by atoms with E-state index in [-0.39, 0.29) is 12.2 Å². The molecule has 0 aliphatic rings. The number of hydrogen-bond donors (Lipinski definition) is 2. The van der Waals surface area contributed by atoms with Crippen molar-refractivity contribution in [2.24, 2.45) is 5.73 Å². The maximum atomic E-state index is 11.7. The number of carbonyl (C=O) groups is 2. The third kappa shape index (κ3) is 3.05. The Morgan fingerprint density at radius 1 is 1.50 bits per heavy atom. The molecule has 1 unspecified atom stereocenters. The topological polar surface area (TPSA) is 80.4 Å². The summed E-state index contributed by atoms with van der Waals surface area (Å²) in [6.07, 6.45) is -0.374. The smallest absolute Gasteiger partial charge is 0.305 e. The number of rotatable bonds is 4. The van der Waals surface area contributed by atoms with Gasteiger partial charge in [0.1, 0.15) is 0 Å². The Balaban J connectivity index is 2.88. The average molecular weight is 242 g/mol. The molecule has 1 atom stereocenters. The van der Waals surface area contributed by atoms with Crippen LogP contribution in [0.2, 0.25) is 5.02 Å². The zero-order chi connectivity index (χ0) is 12.3. The molecule has 4 nitrogen and oxygen atoms in total. The summed E-state index contributed by atoms with van der Waals surface area (Å²) >= 11 is 5.81. The number of nitrogens with two attached hydrogens (primary N) is 1. The number of aliphatic carboxylic acids is 1. The molecular weight excluding hydrogens is 230 g/mol. The summed E-state index contributed by atoms with van der Waals surface area (Å²) in [4.78, 5) is 22.1. The molecule has 0 amide bonds. The van der Waals surface area contributed by atoms with Crippen LogP contribution >= 0.6 is 11.6 Å². The summed E-state index contributed by atoms with van der Waals surface area (Å²) in [6, 6.07) is 3.72. The third-order valence-electron chi connectivity index (χ3n) is 2.17. The van der Waals surface area contributed by atoms with E-state index < -0.39 is 12.0 Å². The molecule has 0 saturated carbocycles. The molecule has 5 heteroatoms. The first-order valence-electron chi connectivity index (χ1n) is 4.69. The van der Waals surface area contributed by atoms with Gasteiger partial charge < -0.3 is 10.8 Å². The minimum absolute atomic E-state index is 0.374. The van der Waals surface area contributed by atoms with Gasteiger partial charge in [0.05, 0.1) is 12.5 Å². The van der Waals surface area contributed by atoms with Crippen LogP contribution in [0.25, 0.3) is 0 Å². The average Bonchev–Trinajstić information content (AvgIpc) is 2.20. The summed E-state index contributed by atoms with van der Waals surface area (Å²) in [5, 5.41) is 9.08. The van der Waals surface area contributed by atoms with Crippen LogP contribution in [0.3, 0.4) is 0 Å². The monoisotopic (exact) mass is 241 g/mol. The highest BCUT2D eigenvalue weighted by molar-refractivity contribution is 6.31. The van der Waals surface area contributed by atoms with Crippen LogP contribution in [0, 0.1) is 6.92 Å². The number of Topliss-reactive ketones (excluding diaryl/α,β-unsaturated/α-hetero) is 1. The number of benzene rings is 1. The highest BCUT2D eigenvalue weighted by Gasteiger charge is 2.18. The normalized spacial score (nSPS) is 12.2. The van der Waals surface area contributed by atoms with Crippen molar-refractivity contribution in [1.82, 2.24) is 0 Å². The zero-order valence-electron chi connectivity index (χ0n) is 8.74. The fourth-order valence-electron chi connectivity index (χ4n) is 1.29. The molecule has 1 rings (SSSR count). The summed E-state index contributed by atoms with van der Waals surface area (Å²) in [6.45, 7) is 1.77. The van der Waals surface area contributed by atoms with Gasteiger partial charge in [-0.05, 0) is 30.7 Å². The van der Waals surface area contributed by atoms with Gasteiger partial charge in [0, 0.05) is 10.6 Å². The van der Waals surface area contributed by atoms with Gasteiger partial charge in [0.25, 0.3) is 0 Å². The van der Waals surface area contributed by atoms with Gasteiger partial charge >= 0.3 is 5.97 Å². The van der Waals surface area contributed by atoms with Crippen molar-refractivity contribution in [3.8, 4) is 0 Å². The third-order valence-corrected chi connectivity index (χ3v) is 2.60. The number of aryl methyl sites for hydroxylation is 1. The number of carbonyl (C=O) groups excluding carboxylic acids is 1. The zero-order valence-corrected chi connectivity index (χ0v) is 9.49. The van der Waals surface area contributed by atoms with Crippen molar-refractivity contribution < 1.29 is 14.7 Å². The largest absolute Gasteiger partial charge is 0.481 e. The predicted molar refractivity (Wildman–Crippen MR) is 60.7 cm³/mol. The molecule has 0 fully saturated rings. The van der Waals surface area contributed by atoms with Crippen LogP contribution in [0.4, 0.5) is 0 Å². The second-order valence-electron chi connectivity index (χ2n) is 3.53. The number of hydrogen-bond acceptors (Lipinski definition) is 3. The molecule has 3 N–H and O–H groups in total. The van der Waals surface area contributed by atoms with E-state index in [0.29, 0.717) is 10.6 Å². The van der Waals surface area contributed by atoms with Crippen molar-refractivity contribution in [3.63, 3.8) is 0 Å². The Morgan fingerprint density at radius 2 is 2.12 bits per heavy atom. The van der Waals surface area contributed by atoms with E-state index >= 15 is 0 Å². The Bertz CT molecular complexity index is 431. The second kappa shape index (κ2) is 5.09. The van der Waals surface area contributed by atoms with Crippen LogP contribution < -0.4 is 5.73 Å². The van der Waals surface area contributed by atoms with E-state index in [1.807, 2.05) is 0 Å². The second-order valence-corrected chi connectivity index (χ2v) is 3.94. The lowest BCUT2D eigenvalue weighted by Crippen LogP contribution is -2.32. The van der Waals surface area contributed by atoms with Gasteiger partial charge in [-0.25, -0.2) is 0 Å². The summed E-state index contributed by atoms with van der Waals surface area (Å²) < 4.78 is 0. The fourth-order valence-corrected chi connectivity index (χ4v) is 1.41. The molecule has 0 radical (unpaired) electrons. The molecule has 86 valence electrons. The predicted octanol–water partition coefficient (Wildman–Crippen LogP) is 1.63. The first-order chi connectivity index (χ1) is 7.41. The van der Waals surface area contributed by atoms with Crippen molar-refractivity contribution >= 4 is 23.4 Å². The van der Waals surface area contributed by atoms with Gasteiger partial charge in [-0.1, -0.05) is 11.6 Å². The number of ketones is 1. The van der Waals surface area contributed by atoms with E-state index in [1.165, 1.54) is 0 Å². The molecule has 1 aromatic rings. The van der Waals surface area contributed by atoms with E-state index in [4.69, 9.17) is 22.4 Å². The first-order valence-corrected chi connectivity index (χ1v) is 5.07. The quantitative estimate of drug-likeness (QED) is 0.786. The van der Waals surface area contributed by atoms with Gasteiger partial charge in [-0.3, -0.25) is 9.59 Å². The molecule has 0 aliphatic carbocycles. The van der Waals surface area contributed by atoms with Gasteiger partial charge in [0.15, 0.2) is 5.78 Å². The van der Waals surface area contributed by atoms with Crippen LogP contribution in [-0.2, 0) is 4.79 Å². The van der Waals surface area contributed by atoms with Crippen molar-refractivity contribution in [2.45, 2.75) is 19.4 Å². The molecule has 0 aliphatic heterocycles. The number of halogens is 1. The molecule has 1 aromatic carbocycles. The van der Waals surface area contributed by atoms with Crippen LogP contribution in [0.5, 0.6) is 0 Å². The van der Waals surface area contributed by atoms with Crippen molar-refractivity contribution in [3.05, 3.63) is 34.3 Å². The van der Waals surface area contributed by atoms with E-state index in [0.717, 1.165) is 5.56 Å². The van der Waals surface area contributed by atoms with Crippen LogP contribution in [0.15, 0.2) is 18.2 Å². The maximum absolute atomic E-state index is 11.7.